The SMILES string of the molecule is C[C@H]1[C@@H]2CCc3cnn(C)c3[C@@]2(Cc2ccccc2)CCC12OCCO2. The van der Waals surface area contributed by atoms with Gasteiger partial charge in [0.15, 0.2) is 5.79 Å². The summed E-state index contributed by atoms with van der Waals surface area (Å²) in [6.07, 6.45) is 7.55. The van der Waals surface area contributed by atoms with E-state index < -0.39 is 0 Å². The Bertz CT molecular complexity index is 794. The molecule has 2 aromatic rings. The second kappa shape index (κ2) is 5.93. The minimum Gasteiger partial charge on any atom is -0.347 e. The molecule has 5 rings (SSSR count). The lowest BCUT2D eigenvalue weighted by molar-refractivity contribution is -0.236. The van der Waals surface area contributed by atoms with Gasteiger partial charge in [0.1, 0.15) is 0 Å². The van der Waals surface area contributed by atoms with Crippen molar-refractivity contribution in [2.24, 2.45) is 18.9 Å². The first-order valence-electron chi connectivity index (χ1n) is 9.98. The van der Waals surface area contributed by atoms with Crippen molar-refractivity contribution in [2.75, 3.05) is 13.2 Å². The van der Waals surface area contributed by atoms with Gasteiger partial charge in [-0.25, -0.2) is 0 Å². The minimum absolute atomic E-state index is 0.125. The summed E-state index contributed by atoms with van der Waals surface area (Å²) in [6.45, 7) is 3.83. The maximum absolute atomic E-state index is 6.19. The lowest BCUT2D eigenvalue weighted by atomic mass is 9.52. The Morgan fingerprint density at radius 3 is 2.69 bits per heavy atom. The van der Waals surface area contributed by atoms with E-state index in [2.05, 4.69) is 60.3 Å². The van der Waals surface area contributed by atoms with Crippen molar-refractivity contribution in [1.29, 1.82) is 0 Å². The summed E-state index contributed by atoms with van der Waals surface area (Å²) >= 11 is 0. The Labute approximate surface area is 155 Å². The van der Waals surface area contributed by atoms with E-state index in [-0.39, 0.29) is 11.2 Å². The van der Waals surface area contributed by atoms with Crippen LogP contribution in [0.1, 0.15) is 43.0 Å². The summed E-state index contributed by atoms with van der Waals surface area (Å²) in [5.74, 6) is 0.587. The maximum Gasteiger partial charge on any atom is 0.171 e. The fraction of sp³-hybridized carbons (Fsp3) is 0.591. The molecule has 1 spiro atoms. The molecule has 2 heterocycles. The van der Waals surface area contributed by atoms with E-state index in [0.29, 0.717) is 11.8 Å². The molecule has 2 aliphatic carbocycles. The van der Waals surface area contributed by atoms with Crippen LogP contribution in [0.2, 0.25) is 0 Å². The predicted octanol–water partition coefficient (Wildman–Crippen LogP) is 3.64. The normalized spacial score (nSPS) is 32.4. The molecule has 0 radical (unpaired) electrons. The molecule has 2 fully saturated rings. The Balaban J connectivity index is 1.62. The van der Waals surface area contributed by atoms with E-state index in [1.165, 1.54) is 23.2 Å². The van der Waals surface area contributed by atoms with Gasteiger partial charge in [-0.3, -0.25) is 4.68 Å². The number of nitrogens with zero attached hydrogens (tertiary/aromatic N) is 2. The van der Waals surface area contributed by atoms with Gasteiger partial charge in [-0.1, -0.05) is 37.3 Å². The van der Waals surface area contributed by atoms with Crippen molar-refractivity contribution in [3.05, 3.63) is 53.3 Å². The number of hydrogen-bond acceptors (Lipinski definition) is 3. The number of fused-ring (bicyclic) bond motifs is 3. The smallest absolute Gasteiger partial charge is 0.171 e. The first-order valence-corrected chi connectivity index (χ1v) is 9.98. The molecule has 3 aliphatic rings. The molecule has 1 aromatic carbocycles. The molecule has 0 unspecified atom stereocenters. The molecule has 1 saturated carbocycles. The number of aromatic nitrogens is 2. The van der Waals surface area contributed by atoms with Gasteiger partial charge in [0.25, 0.3) is 0 Å². The van der Waals surface area contributed by atoms with E-state index in [0.717, 1.165) is 38.9 Å². The zero-order chi connectivity index (χ0) is 17.8. The quantitative estimate of drug-likeness (QED) is 0.828. The zero-order valence-electron chi connectivity index (χ0n) is 15.8. The van der Waals surface area contributed by atoms with Gasteiger partial charge in [-0.2, -0.15) is 5.10 Å². The molecule has 4 heteroatoms. The first-order chi connectivity index (χ1) is 12.6. The van der Waals surface area contributed by atoms with Gasteiger partial charge >= 0.3 is 0 Å². The third kappa shape index (κ3) is 2.25. The molecular formula is C22H28N2O2. The molecule has 1 aromatic heterocycles. The molecule has 1 saturated heterocycles. The van der Waals surface area contributed by atoms with Gasteiger partial charge in [0, 0.05) is 30.5 Å². The number of ether oxygens (including phenoxy) is 2. The van der Waals surface area contributed by atoms with Crippen LogP contribution in [0.3, 0.4) is 0 Å². The lowest BCUT2D eigenvalue weighted by Crippen LogP contribution is -2.57. The number of aryl methyl sites for hydroxylation is 2. The minimum atomic E-state index is -0.360. The van der Waals surface area contributed by atoms with Crippen molar-refractivity contribution in [1.82, 2.24) is 9.78 Å². The van der Waals surface area contributed by atoms with Gasteiger partial charge < -0.3 is 9.47 Å². The molecule has 0 amide bonds. The van der Waals surface area contributed by atoms with E-state index in [9.17, 15) is 0 Å². The average Bonchev–Trinajstić information content (AvgIpc) is 3.28. The molecule has 3 atom stereocenters. The standard InChI is InChI=1S/C22H28N2O2/c1-16-19-9-8-18-15-23-24(2)20(18)21(19,14-17-6-4-3-5-7-17)10-11-22(16)25-12-13-26-22/h3-7,15-16,19H,8-14H2,1-2H3/t16-,19-,21+/m0/s1. The van der Waals surface area contributed by atoms with Crippen molar-refractivity contribution in [2.45, 2.75) is 50.2 Å². The van der Waals surface area contributed by atoms with Gasteiger partial charge in [-0.15, -0.1) is 0 Å². The van der Waals surface area contributed by atoms with Crippen molar-refractivity contribution < 1.29 is 9.47 Å². The highest BCUT2D eigenvalue weighted by Gasteiger charge is 2.59. The monoisotopic (exact) mass is 352 g/mol. The van der Waals surface area contributed by atoms with Crippen LogP contribution in [0.5, 0.6) is 0 Å². The molecule has 4 nitrogen and oxygen atoms in total. The Morgan fingerprint density at radius 1 is 1.15 bits per heavy atom. The second-order valence-electron chi connectivity index (χ2n) is 8.40. The summed E-state index contributed by atoms with van der Waals surface area (Å²) in [5, 5.41) is 4.64. The van der Waals surface area contributed by atoms with E-state index >= 15 is 0 Å². The van der Waals surface area contributed by atoms with Crippen LogP contribution < -0.4 is 0 Å². The summed E-state index contributed by atoms with van der Waals surface area (Å²) in [7, 11) is 2.12. The van der Waals surface area contributed by atoms with Crippen LogP contribution in [-0.4, -0.2) is 28.8 Å². The highest BCUT2D eigenvalue weighted by atomic mass is 16.7. The van der Waals surface area contributed by atoms with E-state index in [1.807, 2.05) is 0 Å². The third-order valence-electron chi connectivity index (χ3n) is 7.28. The summed E-state index contributed by atoms with van der Waals surface area (Å²) in [5.41, 5.74) is 4.44. The van der Waals surface area contributed by atoms with Crippen LogP contribution >= 0.6 is 0 Å². The molecule has 0 bridgehead atoms. The molecule has 0 N–H and O–H groups in total. The van der Waals surface area contributed by atoms with Crippen molar-refractivity contribution >= 4 is 0 Å². The van der Waals surface area contributed by atoms with E-state index in [1.54, 1.807) is 0 Å². The van der Waals surface area contributed by atoms with Crippen LogP contribution in [0.4, 0.5) is 0 Å². The predicted molar refractivity (Wildman–Crippen MR) is 99.9 cm³/mol. The summed E-state index contributed by atoms with van der Waals surface area (Å²) < 4.78 is 14.5. The average molecular weight is 352 g/mol. The summed E-state index contributed by atoms with van der Waals surface area (Å²) in [6, 6.07) is 11.0. The highest BCUT2D eigenvalue weighted by Crippen LogP contribution is 2.58. The number of benzene rings is 1. The first kappa shape index (κ1) is 16.5. The topological polar surface area (TPSA) is 36.3 Å². The van der Waals surface area contributed by atoms with Gasteiger partial charge in [-0.05, 0) is 42.7 Å². The van der Waals surface area contributed by atoms with E-state index in [4.69, 9.17) is 9.47 Å². The molecule has 26 heavy (non-hydrogen) atoms. The highest BCUT2D eigenvalue weighted by molar-refractivity contribution is 5.36. The fourth-order valence-corrected chi connectivity index (χ4v) is 6.18. The second-order valence-corrected chi connectivity index (χ2v) is 8.40. The number of hydrogen-bond donors (Lipinski definition) is 0. The zero-order valence-corrected chi connectivity index (χ0v) is 15.8. The molecule has 138 valence electrons. The Kier molecular flexibility index (Phi) is 3.77. The summed E-state index contributed by atoms with van der Waals surface area (Å²) in [4.78, 5) is 0. The van der Waals surface area contributed by atoms with Gasteiger partial charge in [0.05, 0.1) is 19.4 Å². The van der Waals surface area contributed by atoms with Crippen LogP contribution in [0.15, 0.2) is 36.5 Å². The Hall–Kier alpha value is -1.65. The van der Waals surface area contributed by atoms with Crippen LogP contribution in [0, 0.1) is 11.8 Å². The number of rotatable bonds is 2. The fourth-order valence-electron chi connectivity index (χ4n) is 6.18. The maximum atomic E-state index is 6.19. The third-order valence-corrected chi connectivity index (χ3v) is 7.28. The van der Waals surface area contributed by atoms with Crippen LogP contribution in [-0.2, 0) is 34.8 Å². The lowest BCUT2D eigenvalue weighted by Gasteiger charge is -2.55. The largest absolute Gasteiger partial charge is 0.347 e. The van der Waals surface area contributed by atoms with Crippen LogP contribution in [0.25, 0.3) is 0 Å². The Morgan fingerprint density at radius 2 is 1.92 bits per heavy atom. The molecule has 1 aliphatic heterocycles. The van der Waals surface area contributed by atoms with Crippen molar-refractivity contribution in [3.8, 4) is 0 Å². The molecular weight excluding hydrogens is 324 g/mol. The van der Waals surface area contributed by atoms with Gasteiger partial charge in [0.2, 0.25) is 0 Å². The van der Waals surface area contributed by atoms with Crippen molar-refractivity contribution in [3.63, 3.8) is 0 Å².